The molecule has 0 unspecified atom stereocenters. The minimum atomic E-state index is -0.153. The van der Waals surface area contributed by atoms with Crippen molar-refractivity contribution in [3.05, 3.63) is 79.2 Å². The number of nitrogens with zero attached hydrogens (tertiary/aromatic N) is 5. The quantitative estimate of drug-likeness (QED) is 0.372. The Morgan fingerprint density at radius 3 is 2.47 bits per heavy atom. The molecule has 0 amide bonds. The SMILES string of the molecule is Cc1nc(COc2nc(C)n(-c3cc(-c4nc(C(C)C)ncc4C)ccc3C)c(=O)c2C)cs1. The number of ether oxygens (including phenoxy) is 1. The van der Waals surface area contributed by atoms with E-state index in [1.807, 2.05) is 57.5 Å². The second-order valence-electron chi connectivity index (χ2n) is 8.79. The third-order valence-corrected chi connectivity index (χ3v) is 6.51. The summed E-state index contributed by atoms with van der Waals surface area (Å²) in [5.74, 6) is 1.92. The maximum atomic E-state index is 13.4. The van der Waals surface area contributed by atoms with Crippen LogP contribution in [-0.4, -0.2) is 24.5 Å². The number of benzene rings is 1. The number of aromatic nitrogens is 5. The van der Waals surface area contributed by atoms with Crippen LogP contribution < -0.4 is 10.3 Å². The first kappa shape index (κ1) is 23.8. The second-order valence-corrected chi connectivity index (χ2v) is 9.85. The molecule has 0 aliphatic rings. The van der Waals surface area contributed by atoms with E-state index in [0.29, 0.717) is 17.3 Å². The van der Waals surface area contributed by atoms with Crippen molar-refractivity contribution in [3.63, 3.8) is 0 Å². The molecule has 3 aromatic heterocycles. The van der Waals surface area contributed by atoms with Crippen LogP contribution in [0, 0.1) is 34.6 Å². The van der Waals surface area contributed by atoms with Gasteiger partial charge in [-0.2, -0.15) is 4.98 Å². The van der Waals surface area contributed by atoms with Crippen molar-refractivity contribution in [2.45, 2.75) is 61.0 Å². The third kappa shape index (κ3) is 4.63. The molecule has 0 N–H and O–H groups in total. The van der Waals surface area contributed by atoms with Gasteiger partial charge < -0.3 is 4.74 Å². The molecule has 8 heteroatoms. The zero-order valence-electron chi connectivity index (χ0n) is 20.6. The molecule has 0 atom stereocenters. The number of hydrogen-bond acceptors (Lipinski definition) is 7. The van der Waals surface area contributed by atoms with E-state index < -0.39 is 0 Å². The van der Waals surface area contributed by atoms with E-state index in [4.69, 9.17) is 9.72 Å². The Balaban J connectivity index is 1.76. The van der Waals surface area contributed by atoms with Crippen LogP contribution in [0.15, 0.2) is 34.6 Å². The van der Waals surface area contributed by atoms with Crippen LogP contribution in [0.5, 0.6) is 5.88 Å². The van der Waals surface area contributed by atoms with E-state index in [-0.39, 0.29) is 18.1 Å². The fourth-order valence-corrected chi connectivity index (χ4v) is 4.35. The predicted molar refractivity (Wildman–Crippen MR) is 135 cm³/mol. The zero-order valence-corrected chi connectivity index (χ0v) is 21.4. The van der Waals surface area contributed by atoms with Crippen molar-refractivity contribution >= 4 is 11.3 Å². The van der Waals surface area contributed by atoms with Crippen molar-refractivity contribution in [1.29, 1.82) is 0 Å². The Morgan fingerprint density at radius 2 is 1.79 bits per heavy atom. The molecular formula is C26H29N5O2S. The first-order valence-electron chi connectivity index (χ1n) is 11.2. The monoisotopic (exact) mass is 475 g/mol. The summed E-state index contributed by atoms with van der Waals surface area (Å²) < 4.78 is 7.51. The van der Waals surface area contributed by atoms with Gasteiger partial charge in [-0.1, -0.05) is 26.0 Å². The molecular weight excluding hydrogens is 446 g/mol. The number of thiazole rings is 1. The molecule has 0 bridgehead atoms. The summed E-state index contributed by atoms with van der Waals surface area (Å²) in [6.45, 7) is 13.9. The van der Waals surface area contributed by atoms with Gasteiger partial charge in [0.2, 0.25) is 5.88 Å². The highest BCUT2D eigenvalue weighted by Crippen LogP contribution is 2.27. The van der Waals surface area contributed by atoms with Gasteiger partial charge in [0, 0.05) is 23.1 Å². The maximum Gasteiger partial charge on any atom is 0.264 e. The van der Waals surface area contributed by atoms with Crippen molar-refractivity contribution in [2.24, 2.45) is 0 Å². The van der Waals surface area contributed by atoms with Crippen molar-refractivity contribution in [1.82, 2.24) is 24.5 Å². The van der Waals surface area contributed by atoms with Crippen molar-refractivity contribution in [3.8, 4) is 22.8 Å². The zero-order chi connectivity index (χ0) is 24.6. The number of rotatable bonds is 6. The molecule has 7 nitrogen and oxygen atoms in total. The van der Waals surface area contributed by atoms with Crippen molar-refractivity contribution in [2.75, 3.05) is 0 Å². The average Bonchev–Trinajstić information content (AvgIpc) is 3.22. The first-order valence-corrected chi connectivity index (χ1v) is 12.1. The molecule has 3 heterocycles. The summed E-state index contributed by atoms with van der Waals surface area (Å²) in [4.78, 5) is 31.7. The van der Waals surface area contributed by atoms with E-state index >= 15 is 0 Å². The minimum absolute atomic E-state index is 0.153. The van der Waals surface area contributed by atoms with Crippen LogP contribution in [0.1, 0.15) is 58.8 Å². The lowest BCUT2D eigenvalue weighted by atomic mass is 10.0. The summed E-state index contributed by atoms with van der Waals surface area (Å²) in [7, 11) is 0. The molecule has 0 aliphatic carbocycles. The molecule has 34 heavy (non-hydrogen) atoms. The van der Waals surface area contributed by atoms with E-state index in [1.165, 1.54) is 0 Å². The molecule has 0 radical (unpaired) electrons. The summed E-state index contributed by atoms with van der Waals surface area (Å²) in [6, 6.07) is 6.05. The lowest BCUT2D eigenvalue weighted by Gasteiger charge is -2.17. The third-order valence-electron chi connectivity index (χ3n) is 5.69. The van der Waals surface area contributed by atoms with E-state index in [9.17, 15) is 4.79 Å². The van der Waals surface area contributed by atoms with E-state index in [1.54, 1.807) is 22.8 Å². The van der Waals surface area contributed by atoms with Crippen molar-refractivity contribution < 1.29 is 4.74 Å². The molecule has 1 aromatic carbocycles. The van der Waals surface area contributed by atoms with Crippen LogP contribution >= 0.6 is 11.3 Å². The highest BCUT2D eigenvalue weighted by atomic mass is 32.1. The van der Waals surface area contributed by atoms with Gasteiger partial charge in [0.05, 0.1) is 27.6 Å². The van der Waals surface area contributed by atoms with Gasteiger partial charge in [-0.3, -0.25) is 9.36 Å². The van der Waals surface area contributed by atoms with Gasteiger partial charge in [0.25, 0.3) is 5.56 Å². The van der Waals surface area contributed by atoms with Crippen LogP contribution in [0.4, 0.5) is 0 Å². The number of hydrogen-bond donors (Lipinski definition) is 0. The predicted octanol–water partition coefficient (Wildman–Crippen LogP) is 5.39. The number of aryl methyl sites for hydroxylation is 4. The van der Waals surface area contributed by atoms with Gasteiger partial charge >= 0.3 is 0 Å². The van der Waals surface area contributed by atoms with Crippen LogP contribution in [-0.2, 0) is 6.61 Å². The summed E-state index contributed by atoms with van der Waals surface area (Å²) in [5, 5.41) is 2.93. The molecule has 176 valence electrons. The molecule has 4 rings (SSSR count). The fraction of sp³-hybridized carbons (Fsp3) is 0.346. The fourth-order valence-electron chi connectivity index (χ4n) is 3.75. The van der Waals surface area contributed by atoms with Crippen LogP contribution in [0.2, 0.25) is 0 Å². The molecule has 0 saturated carbocycles. The standard InChI is InChI=1S/C26H29N5O2S/c1-14(2)24-27-11-16(4)23(30-24)20-9-8-15(3)22(10-20)31-18(6)28-25(17(5)26(31)32)33-12-21-13-34-19(7)29-21/h8-11,13-14H,12H2,1-7H3. The average molecular weight is 476 g/mol. The minimum Gasteiger partial charge on any atom is -0.471 e. The van der Waals surface area contributed by atoms with Gasteiger partial charge in [0.15, 0.2) is 0 Å². The Morgan fingerprint density at radius 1 is 1.03 bits per heavy atom. The first-order chi connectivity index (χ1) is 16.2. The topological polar surface area (TPSA) is 82.8 Å². The largest absolute Gasteiger partial charge is 0.471 e. The lowest BCUT2D eigenvalue weighted by molar-refractivity contribution is 0.285. The molecule has 0 aliphatic heterocycles. The van der Waals surface area contributed by atoms with Gasteiger partial charge in [-0.05, 0) is 51.8 Å². The van der Waals surface area contributed by atoms with Gasteiger partial charge in [0.1, 0.15) is 18.3 Å². The van der Waals surface area contributed by atoms with E-state index in [0.717, 1.165) is 44.6 Å². The highest BCUT2D eigenvalue weighted by molar-refractivity contribution is 7.09. The van der Waals surface area contributed by atoms with Gasteiger partial charge in [-0.25, -0.2) is 15.0 Å². The summed E-state index contributed by atoms with van der Waals surface area (Å²) in [5.41, 5.74) is 5.68. The van der Waals surface area contributed by atoms with E-state index in [2.05, 4.69) is 28.8 Å². The maximum absolute atomic E-state index is 13.4. The smallest absolute Gasteiger partial charge is 0.264 e. The Bertz CT molecular complexity index is 1420. The second kappa shape index (κ2) is 9.46. The normalized spacial score (nSPS) is 11.3. The summed E-state index contributed by atoms with van der Waals surface area (Å²) in [6.07, 6.45) is 1.86. The van der Waals surface area contributed by atoms with Crippen LogP contribution in [0.25, 0.3) is 16.9 Å². The van der Waals surface area contributed by atoms with Crippen LogP contribution in [0.3, 0.4) is 0 Å². The molecule has 0 fully saturated rings. The highest BCUT2D eigenvalue weighted by Gasteiger charge is 2.17. The molecule has 0 spiro atoms. The Hall–Kier alpha value is -3.39. The summed E-state index contributed by atoms with van der Waals surface area (Å²) >= 11 is 1.57. The molecule has 4 aromatic rings. The Labute approximate surface area is 203 Å². The lowest BCUT2D eigenvalue weighted by Crippen LogP contribution is -2.26. The molecule has 0 saturated heterocycles. The Kier molecular flexibility index (Phi) is 6.61. The van der Waals surface area contributed by atoms with Gasteiger partial charge in [-0.15, -0.1) is 11.3 Å².